The van der Waals surface area contributed by atoms with Gasteiger partial charge in [-0.15, -0.1) is 0 Å². The van der Waals surface area contributed by atoms with Gasteiger partial charge in [0.25, 0.3) is 0 Å². The van der Waals surface area contributed by atoms with Gasteiger partial charge in [0.2, 0.25) is 0 Å². The molecule has 0 fully saturated rings. The molecule has 0 amide bonds. The fraction of sp³-hybridized carbons (Fsp3) is 0.579. The van der Waals surface area contributed by atoms with Crippen LogP contribution in [-0.4, -0.2) is 7.05 Å². The lowest BCUT2D eigenvalue weighted by atomic mass is 10.1. The number of rotatable bonds is 2. The third kappa shape index (κ3) is 14.8. The van der Waals surface area contributed by atoms with Crippen molar-refractivity contribution in [3.05, 3.63) is 41.5 Å². The van der Waals surface area contributed by atoms with Crippen LogP contribution in [0.2, 0.25) is 0 Å². The predicted octanol–water partition coefficient (Wildman–Crippen LogP) is 6.76. The van der Waals surface area contributed by atoms with Crippen molar-refractivity contribution in [2.45, 2.75) is 69.2 Å². The van der Waals surface area contributed by atoms with Crippen molar-refractivity contribution in [1.82, 2.24) is 5.32 Å². The second kappa shape index (κ2) is 26.3. The Balaban J connectivity index is -0.000000138. The van der Waals surface area contributed by atoms with E-state index in [0.717, 1.165) is 0 Å². The van der Waals surface area contributed by atoms with Gasteiger partial charge in [-0.05, 0) is 19.4 Å². The maximum atomic E-state index is 3.20. The zero-order valence-electron chi connectivity index (χ0n) is 15.9. The third-order valence-electron chi connectivity index (χ3n) is 1.81. The minimum Gasteiger partial charge on any atom is -0.388 e. The molecule has 0 unspecified atom stereocenters. The van der Waals surface area contributed by atoms with Crippen LogP contribution in [0.5, 0.6) is 0 Å². The Bertz CT molecular complexity index is 269. The molecule has 0 heterocycles. The standard InChI is InChI=1S/C11H15N.4C2H6/c1-9(2)11(12-3)10-7-5-4-6-8-10;4*1-2/h4-8,12H,1-3H3;4*1-2H3. The summed E-state index contributed by atoms with van der Waals surface area (Å²) in [7, 11) is 1.95. The van der Waals surface area contributed by atoms with E-state index in [1.807, 2.05) is 68.5 Å². The van der Waals surface area contributed by atoms with Gasteiger partial charge in [-0.25, -0.2) is 0 Å². The molecule has 0 spiro atoms. The smallest absolute Gasteiger partial charge is 0.0397 e. The first-order valence-corrected chi connectivity index (χ1v) is 8.16. The van der Waals surface area contributed by atoms with E-state index in [2.05, 4.69) is 43.4 Å². The summed E-state index contributed by atoms with van der Waals surface area (Å²) in [5.41, 5.74) is 3.78. The van der Waals surface area contributed by atoms with Gasteiger partial charge >= 0.3 is 0 Å². The first-order valence-electron chi connectivity index (χ1n) is 8.16. The van der Waals surface area contributed by atoms with E-state index >= 15 is 0 Å². The lowest BCUT2D eigenvalue weighted by molar-refractivity contribution is 1.10. The van der Waals surface area contributed by atoms with Crippen molar-refractivity contribution in [2.75, 3.05) is 7.05 Å². The molecule has 0 aliphatic rings. The first-order chi connectivity index (χ1) is 9.75. The Hall–Kier alpha value is -1.24. The molecule has 1 nitrogen and oxygen atoms in total. The van der Waals surface area contributed by atoms with Crippen molar-refractivity contribution >= 4 is 5.70 Å². The van der Waals surface area contributed by atoms with Crippen molar-refractivity contribution in [1.29, 1.82) is 0 Å². The molecule has 0 aliphatic carbocycles. The normalized spacial score (nSPS) is 6.75. The Morgan fingerprint density at radius 1 is 0.700 bits per heavy atom. The Morgan fingerprint density at radius 3 is 1.30 bits per heavy atom. The van der Waals surface area contributed by atoms with E-state index in [9.17, 15) is 0 Å². The van der Waals surface area contributed by atoms with Crippen LogP contribution in [0.1, 0.15) is 74.8 Å². The van der Waals surface area contributed by atoms with E-state index < -0.39 is 0 Å². The van der Waals surface area contributed by atoms with Gasteiger partial charge in [0, 0.05) is 12.7 Å². The van der Waals surface area contributed by atoms with Gasteiger partial charge < -0.3 is 5.32 Å². The summed E-state index contributed by atoms with van der Waals surface area (Å²) in [6.07, 6.45) is 0. The van der Waals surface area contributed by atoms with Crippen LogP contribution in [0.3, 0.4) is 0 Å². The highest BCUT2D eigenvalue weighted by molar-refractivity contribution is 5.65. The van der Waals surface area contributed by atoms with Crippen LogP contribution in [0.25, 0.3) is 5.70 Å². The van der Waals surface area contributed by atoms with E-state index in [4.69, 9.17) is 0 Å². The average Bonchev–Trinajstić information content (AvgIpc) is 2.56. The molecule has 20 heavy (non-hydrogen) atoms. The molecule has 0 saturated carbocycles. The highest BCUT2D eigenvalue weighted by Crippen LogP contribution is 2.13. The summed E-state index contributed by atoms with van der Waals surface area (Å²) in [5, 5.41) is 3.20. The van der Waals surface area contributed by atoms with Crippen molar-refractivity contribution in [3.63, 3.8) is 0 Å². The Labute approximate surface area is 129 Å². The van der Waals surface area contributed by atoms with Gasteiger partial charge in [-0.3, -0.25) is 0 Å². The van der Waals surface area contributed by atoms with E-state index in [1.54, 1.807) is 0 Å². The van der Waals surface area contributed by atoms with Gasteiger partial charge in [0.05, 0.1) is 0 Å². The zero-order valence-corrected chi connectivity index (χ0v) is 15.9. The summed E-state index contributed by atoms with van der Waals surface area (Å²) in [4.78, 5) is 0. The second-order valence-corrected chi connectivity index (χ2v) is 2.99. The van der Waals surface area contributed by atoms with Crippen molar-refractivity contribution in [3.8, 4) is 0 Å². The molecule has 1 rings (SSSR count). The van der Waals surface area contributed by atoms with E-state index in [1.165, 1.54) is 16.8 Å². The number of hydrogen-bond acceptors (Lipinski definition) is 1. The van der Waals surface area contributed by atoms with Crippen LogP contribution < -0.4 is 5.32 Å². The minimum atomic E-state index is 1.22. The largest absolute Gasteiger partial charge is 0.388 e. The molecular formula is C19H39N. The molecule has 1 heteroatoms. The molecule has 0 atom stereocenters. The molecule has 1 aromatic carbocycles. The van der Waals surface area contributed by atoms with E-state index in [0.29, 0.717) is 0 Å². The van der Waals surface area contributed by atoms with Gasteiger partial charge in [0.1, 0.15) is 0 Å². The molecule has 0 radical (unpaired) electrons. The van der Waals surface area contributed by atoms with Crippen LogP contribution in [0, 0.1) is 0 Å². The Kier molecular flexibility index (Phi) is 35.8. The molecular weight excluding hydrogens is 242 g/mol. The summed E-state index contributed by atoms with van der Waals surface area (Å²) in [5.74, 6) is 0. The maximum absolute atomic E-state index is 3.20. The molecule has 120 valence electrons. The molecule has 0 aliphatic heterocycles. The van der Waals surface area contributed by atoms with Crippen LogP contribution >= 0.6 is 0 Å². The van der Waals surface area contributed by atoms with Crippen LogP contribution in [0.15, 0.2) is 35.9 Å². The highest BCUT2D eigenvalue weighted by atomic mass is 14.8. The summed E-state index contributed by atoms with van der Waals surface area (Å²) >= 11 is 0. The van der Waals surface area contributed by atoms with E-state index in [-0.39, 0.29) is 0 Å². The number of nitrogens with one attached hydrogen (secondary N) is 1. The van der Waals surface area contributed by atoms with Crippen LogP contribution in [-0.2, 0) is 0 Å². The lowest BCUT2D eigenvalue weighted by Gasteiger charge is -2.08. The fourth-order valence-electron chi connectivity index (χ4n) is 1.29. The maximum Gasteiger partial charge on any atom is 0.0397 e. The Morgan fingerprint density at radius 2 is 1.05 bits per heavy atom. The minimum absolute atomic E-state index is 1.22. The lowest BCUT2D eigenvalue weighted by Crippen LogP contribution is -2.05. The third-order valence-corrected chi connectivity index (χ3v) is 1.81. The summed E-state index contributed by atoms with van der Waals surface area (Å²) in [6.45, 7) is 20.2. The quantitative estimate of drug-likeness (QED) is 0.631. The molecule has 1 aromatic rings. The van der Waals surface area contributed by atoms with Crippen molar-refractivity contribution in [2.24, 2.45) is 0 Å². The number of benzene rings is 1. The summed E-state index contributed by atoms with van der Waals surface area (Å²) in [6, 6.07) is 10.4. The number of hydrogen-bond donors (Lipinski definition) is 1. The fourth-order valence-corrected chi connectivity index (χ4v) is 1.29. The van der Waals surface area contributed by atoms with Crippen molar-refractivity contribution < 1.29 is 0 Å². The first kappa shape index (κ1) is 27.2. The zero-order chi connectivity index (χ0) is 17.0. The average molecular weight is 282 g/mol. The van der Waals surface area contributed by atoms with Crippen LogP contribution in [0.4, 0.5) is 0 Å². The second-order valence-electron chi connectivity index (χ2n) is 2.99. The molecule has 1 N–H and O–H groups in total. The SMILES string of the molecule is CC.CC.CC.CC.CNC(=C(C)C)c1ccccc1. The highest BCUT2D eigenvalue weighted by Gasteiger charge is 1.98. The summed E-state index contributed by atoms with van der Waals surface area (Å²) < 4.78 is 0. The monoisotopic (exact) mass is 281 g/mol. The molecule has 0 bridgehead atoms. The topological polar surface area (TPSA) is 12.0 Å². The molecule has 0 saturated heterocycles. The number of allylic oxidation sites excluding steroid dienone is 1. The van der Waals surface area contributed by atoms with Gasteiger partial charge in [-0.2, -0.15) is 0 Å². The molecule has 0 aromatic heterocycles. The predicted molar refractivity (Wildman–Crippen MR) is 99.2 cm³/mol. The van der Waals surface area contributed by atoms with Gasteiger partial charge in [0.15, 0.2) is 0 Å². The van der Waals surface area contributed by atoms with Gasteiger partial charge in [-0.1, -0.05) is 91.3 Å².